The summed E-state index contributed by atoms with van der Waals surface area (Å²) in [6.07, 6.45) is 4.95. The van der Waals surface area contributed by atoms with Gasteiger partial charge in [-0.3, -0.25) is 4.79 Å². The van der Waals surface area contributed by atoms with E-state index in [2.05, 4.69) is 12.2 Å². The van der Waals surface area contributed by atoms with Crippen molar-refractivity contribution in [2.24, 2.45) is 5.92 Å². The molecule has 1 aliphatic rings. The third kappa shape index (κ3) is 2.21. The van der Waals surface area contributed by atoms with Gasteiger partial charge in [-0.25, -0.2) is 0 Å². The van der Waals surface area contributed by atoms with Gasteiger partial charge in [0.25, 0.3) is 0 Å². The van der Waals surface area contributed by atoms with Crippen LogP contribution in [0.15, 0.2) is 0 Å². The Bertz CT molecular complexity index is 144. The highest BCUT2D eigenvalue weighted by molar-refractivity contribution is 5.73. The summed E-state index contributed by atoms with van der Waals surface area (Å²) in [5.74, 6) is 0.856. The molecule has 0 bridgehead atoms. The first-order valence-electron chi connectivity index (χ1n) is 4.51. The smallest absolute Gasteiger partial charge is 0.217 e. The van der Waals surface area contributed by atoms with Crippen LogP contribution >= 0.6 is 0 Å². The summed E-state index contributed by atoms with van der Waals surface area (Å²) in [7, 11) is 0. The molecule has 2 atom stereocenters. The molecular weight excluding hydrogens is 138 g/mol. The van der Waals surface area contributed by atoms with Gasteiger partial charge < -0.3 is 5.32 Å². The molecular formula is C9H17NO. The second-order valence-electron chi connectivity index (χ2n) is 3.41. The third-order valence-electron chi connectivity index (χ3n) is 2.57. The lowest BCUT2D eigenvalue weighted by Gasteiger charge is -2.18. The van der Waals surface area contributed by atoms with Crippen LogP contribution in [0.5, 0.6) is 0 Å². The fraction of sp³-hybridized carbons (Fsp3) is 0.889. The summed E-state index contributed by atoms with van der Waals surface area (Å²) in [6.45, 7) is 3.80. The lowest BCUT2D eigenvalue weighted by Crippen LogP contribution is -2.35. The number of rotatable bonds is 2. The average Bonchev–Trinajstić information content (AvgIpc) is 2.34. The maximum Gasteiger partial charge on any atom is 0.217 e. The molecule has 0 aromatic heterocycles. The predicted molar refractivity (Wildman–Crippen MR) is 45.2 cm³/mol. The quantitative estimate of drug-likeness (QED) is 0.646. The van der Waals surface area contributed by atoms with E-state index in [-0.39, 0.29) is 5.91 Å². The summed E-state index contributed by atoms with van der Waals surface area (Å²) < 4.78 is 0. The second-order valence-corrected chi connectivity index (χ2v) is 3.41. The van der Waals surface area contributed by atoms with E-state index in [0.29, 0.717) is 6.04 Å². The highest BCUT2D eigenvalue weighted by Gasteiger charge is 2.25. The SMILES string of the molecule is CC[C@H]1CCC[C@@H]1NC(C)=O. The Kier molecular flexibility index (Phi) is 2.92. The van der Waals surface area contributed by atoms with Crippen LogP contribution in [0.2, 0.25) is 0 Å². The van der Waals surface area contributed by atoms with Crippen molar-refractivity contribution >= 4 is 5.91 Å². The molecule has 1 saturated carbocycles. The van der Waals surface area contributed by atoms with Crippen LogP contribution in [-0.2, 0) is 4.79 Å². The van der Waals surface area contributed by atoms with Crippen LogP contribution in [0.3, 0.4) is 0 Å². The van der Waals surface area contributed by atoms with E-state index in [4.69, 9.17) is 0 Å². The molecule has 0 aromatic rings. The van der Waals surface area contributed by atoms with Crippen molar-refractivity contribution in [1.29, 1.82) is 0 Å². The molecule has 1 aliphatic carbocycles. The average molecular weight is 155 g/mol. The fourth-order valence-electron chi connectivity index (χ4n) is 1.98. The van der Waals surface area contributed by atoms with Crippen LogP contribution in [0.1, 0.15) is 39.5 Å². The molecule has 1 rings (SSSR count). The highest BCUT2D eigenvalue weighted by atomic mass is 16.1. The Balaban J connectivity index is 2.37. The largest absolute Gasteiger partial charge is 0.353 e. The Labute approximate surface area is 68.4 Å². The van der Waals surface area contributed by atoms with Gasteiger partial charge in [0.15, 0.2) is 0 Å². The van der Waals surface area contributed by atoms with Crippen molar-refractivity contribution in [2.75, 3.05) is 0 Å². The second kappa shape index (κ2) is 3.74. The first-order valence-corrected chi connectivity index (χ1v) is 4.51. The Morgan fingerprint density at radius 3 is 2.82 bits per heavy atom. The lowest BCUT2D eigenvalue weighted by atomic mass is 10.0. The van der Waals surface area contributed by atoms with Gasteiger partial charge in [0, 0.05) is 13.0 Å². The number of carbonyl (C=O) groups is 1. The minimum Gasteiger partial charge on any atom is -0.353 e. The number of amides is 1. The Morgan fingerprint density at radius 1 is 1.55 bits per heavy atom. The van der Waals surface area contributed by atoms with Crippen molar-refractivity contribution < 1.29 is 4.79 Å². The maximum absolute atomic E-state index is 10.8. The van der Waals surface area contributed by atoms with Gasteiger partial charge in [-0.05, 0) is 18.8 Å². The maximum atomic E-state index is 10.8. The topological polar surface area (TPSA) is 29.1 Å². The highest BCUT2D eigenvalue weighted by Crippen LogP contribution is 2.27. The van der Waals surface area contributed by atoms with Gasteiger partial charge in [0.1, 0.15) is 0 Å². The van der Waals surface area contributed by atoms with Crippen LogP contribution in [0.4, 0.5) is 0 Å². The zero-order valence-electron chi connectivity index (χ0n) is 7.39. The summed E-state index contributed by atoms with van der Waals surface area (Å²) in [5, 5.41) is 3.00. The fourth-order valence-corrected chi connectivity index (χ4v) is 1.98. The minimum atomic E-state index is 0.121. The van der Waals surface area contributed by atoms with Crippen molar-refractivity contribution in [3.05, 3.63) is 0 Å². The summed E-state index contributed by atoms with van der Waals surface area (Å²) in [5.41, 5.74) is 0. The van der Waals surface area contributed by atoms with E-state index in [1.807, 2.05) is 0 Å². The Hall–Kier alpha value is -0.530. The number of carbonyl (C=O) groups excluding carboxylic acids is 1. The summed E-state index contributed by atoms with van der Waals surface area (Å²) in [6, 6.07) is 0.470. The van der Waals surface area contributed by atoms with E-state index in [0.717, 1.165) is 5.92 Å². The van der Waals surface area contributed by atoms with Gasteiger partial charge in [0.2, 0.25) is 5.91 Å². The molecule has 0 heterocycles. The third-order valence-corrected chi connectivity index (χ3v) is 2.57. The molecule has 1 fully saturated rings. The molecule has 2 heteroatoms. The van der Waals surface area contributed by atoms with Gasteiger partial charge in [-0.15, -0.1) is 0 Å². The first kappa shape index (κ1) is 8.57. The zero-order chi connectivity index (χ0) is 8.27. The van der Waals surface area contributed by atoms with Crippen molar-refractivity contribution in [2.45, 2.75) is 45.6 Å². The van der Waals surface area contributed by atoms with Gasteiger partial charge in [-0.2, -0.15) is 0 Å². The molecule has 0 saturated heterocycles. The molecule has 0 spiro atoms. The van der Waals surface area contributed by atoms with Crippen LogP contribution in [-0.4, -0.2) is 11.9 Å². The molecule has 0 aromatic carbocycles. The standard InChI is InChI=1S/C9H17NO/c1-3-8-5-4-6-9(8)10-7(2)11/h8-9H,3-6H2,1-2H3,(H,10,11)/t8-,9-/m0/s1. The van der Waals surface area contributed by atoms with Crippen LogP contribution < -0.4 is 5.32 Å². The molecule has 1 N–H and O–H groups in total. The monoisotopic (exact) mass is 155 g/mol. The predicted octanol–water partition coefficient (Wildman–Crippen LogP) is 1.70. The molecule has 11 heavy (non-hydrogen) atoms. The van der Waals surface area contributed by atoms with Gasteiger partial charge >= 0.3 is 0 Å². The van der Waals surface area contributed by atoms with Crippen molar-refractivity contribution in [1.82, 2.24) is 5.32 Å². The van der Waals surface area contributed by atoms with Crippen molar-refractivity contribution in [3.63, 3.8) is 0 Å². The van der Waals surface area contributed by atoms with E-state index >= 15 is 0 Å². The van der Waals surface area contributed by atoms with E-state index in [1.54, 1.807) is 6.92 Å². The lowest BCUT2D eigenvalue weighted by molar-refractivity contribution is -0.119. The van der Waals surface area contributed by atoms with Crippen molar-refractivity contribution in [3.8, 4) is 0 Å². The van der Waals surface area contributed by atoms with Gasteiger partial charge in [-0.1, -0.05) is 19.8 Å². The summed E-state index contributed by atoms with van der Waals surface area (Å²) in [4.78, 5) is 10.8. The van der Waals surface area contributed by atoms with Gasteiger partial charge in [0.05, 0.1) is 0 Å². The first-order chi connectivity index (χ1) is 5.24. The van der Waals surface area contributed by atoms with E-state index in [1.165, 1.54) is 25.7 Å². The molecule has 0 aliphatic heterocycles. The zero-order valence-corrected chi connectivity index (χ0v) is 7.39. The number of hydrogen-bond acceptors (Lipinski definition) is 1. The molecule has 0 unspecified atom stereocenters. The molecule has 1 amide bonds. The van der Waals surface area contributed by atoms with Crippen LogP contribution in [0.25, 0.3) is 0 Å². The van der Waals surface area contributed by atoms with Crippen LogP contribution in [0, 0.1) is 5.92 Å². The summed E-state index contributed by atoms with van der Waals surface area (Å²) >= 11 is 0. The Morgan fingerprint density at radius 2 is 2.27 bits per heavy atom. The molecule has 64 valence electrons. The van der Waals surface area contributed by atoms with E-state index in [9.17, 15) is 4.79 Å². The minimum absolute atomic E-state index is 0.121. The molecule has 0 radical (unpaired) electrons. The van der Waals surface area contributed by atoms with E-state index < -0.39 is 0 Å². The molecule has 2 nitrogen and oxygen atoms in total. The normalized spacial score (nSPS) is 30.4. The number of hydrogen-bond donors (Lipinski definition) is 1. The number of nitrogens with one attached hydrogen (secondary N) is 1.